The molecular formula is C8H5ClF4. The lowest BCUT2D eigenvalue weighted by Gasteiger charge is -2.09. The summed E-state index contributed by atoms with van der Waals surface area (Å²) in [4.78, 5) is 0. The zero-order valence-corrected chi connectivity index (χ0v) is 7.30. The zero-order valence-electron chi connectivity index (χ0n) is 6.54. The predicted molar refractivity (Wildman–Crippen MR) is 41.1 cm³/mol. The van der Waals surface area contributed by atoms with Gasteiger partial charge in [-0.3, -0.25) is 0 Å². The Hall–Kier alpha value is -0.770. The highest BCUT2D eigenvalue weighted by molar-refractivity contribution is 6.31. The minimum Gasteiger partial charge on any atom is -0.205 e. The number of halogens is 5. The van der Waals surface area contributed by atoms with E-state index >= 15 is 0 Å². The molecule has 5 heteroatoms. The van der Waals surface area contributed by atoms with Gasteiger partial charge in [0.05, 0.1) is 10.6 Å². The van der Waals surface area contributed by atoms with Crippen LogP contribution in [0.5, 0.6) is 0 Å². The van der Waals surface area contributed by atoms with Crippen molar-refractivity contribution >= 4 is 11.6 Å². The topological polar surface area (TPSA) is 0 Å². The van der Waals surface area contributed by atoms with Gasteiger partial charge in [-0.25, -0.2) is 4.39 Å². The van der Waals surface area contributed by atoms with E-state index in [0.29, 0.717) is 0 Å². The van der Waals surface area contributed by atoms with E-state index in [1.807, 2.05) is 0 Å². The first-order valence-electron chi connectivity index (χ1n) is 3.36. The Kier molecular flexibility index (Phi) is 2.52. The maximum atomic E-state index is 12.9. The van der Waals surface area contributed by atoms with Gasteiger partial charge in [0.2, 0.25) is 0 Å². The van der Waals surface area contributed by atoms with Crippen LogP contribution in [0.2, 0.25) is 5.02 Å². The smallest absolute Gasteiger partial charge is 0.205 e. The molecule has 0 amide bonds. The number of hydrogen-bond acceptors (Lipinski definition) is 0. The van der Waals surface area contributed by atoms with Crippen molar-refractivity contribution in [2.75, 3.05) is 0 Å². The van der Waals surface area contributed by atoms with Crippen LogP contribution in [0.1, 0.15) is 11.1 Å². The molecule has 0 fully saturated rings. The van der Waals surface area contributed by atoms with Gasteiger partial charge < -0.3 is 0 Å². The molecule has 72 valence electrons. The number of hydrogen-bond donors (Lipinski definition) is 0. The van der Waals surface area contributed by atoms with Gasteiger partial charge in [0.25, 0.3) is 0 Å². The molecule has 0 N–H and O–H groups in total. The van der Waals surface area contributed by atoms with Gasteiger partial charge in [0, 0.05) is 0 Å². The maximum absolute atomic E-state index is 12.9. The first kappa shape index (κ1) is 10.3. The van der Waals surface area contributed by atoms with E-state index in [4.69, 9.17) is 11.6 Å². The van der Waals surface area contributed by atoms with Gasteiger partial charge in [-0.1, -0.05) is 17.7 Å². The quantitative estimate of drug-likeness (QED) is 0.574. The van der Waals surface area contributed by atoms with Crippen LogP contribution >= 0.6 is 11.6 Å². The fourth-order valence-electron chi connectivity index (χ4n) is 0.865. The fraction of sp³-hybridized carbons (Fsp3) is 0.250. The molecule has 0 saturated carbocycles. The summed E-state index contributed by atoms with van der Waals surface area (Å²) >= 11 is 5.19. The van der Waals surface area contributed by atoms with Crippen LogP contribution in [-0.2, 0) is 6.18 Å². The summed E-state index contributed by atoms with van der Waals surface area (Å²) in [5, 5.41) is -0.868. The molecule has 1 aromatic carbocycles. The average Bonchev–Trinajstić information content (AvgIpc) is 1.98. The van der Waals surface area contributed by atoms with Crippen LogP contribution < -0.4 is 0 Å². The van der Waals surface area contributed by atoms with E-state index < -0.39 is 22.6 Å². The molecule has 0 heterocycles. The minimum atomic E-state index is -4.61. The first-order valence-corrected chi connectivity index (χ1v) is 3.73. The van der Waals surface area contributed by atoms with Gasteiger partial charge in [0.15, 0.2) is 0 Å². The highest BCUT2D eigenvalue weighted by atomic mass is 35.5. The van der Waals surface area contributed by atoms with Crippen molar-refractivity contribution in [2.45, 2.75) is 13.1 Å². The van der Waals surface area contributed by atoms with E-state index in [1.54, 1.807) is 0 Å². The summed E-state index contributed by atoms with van der Waals surface area (Å²) in [7, 11) is 0. The van der Waals surface area contributed by atoms with Gasteiger partial charge in [-0.05, 0) is 18.6 Å². The van der Waals surface area contributed by atoms with Crippen molar-refractivity contribution in [2.24, 2.45) is 0 Å². The lowest BCUT2D eigenvalue weighted by molar-refractivity contribution is -0.137. The molecule has 1 aromatic rings. The van der Waals surface area contributed by atoms with E-state index in [0.717, 1.165) is 12.1 Å². The molecule has 0 atom stereocenters. The molecule has 13 heavy (non-hydrogen) atoms. The molecule has 0 bridgehead atoms. The fourth-order valence-corrected chi connectivity index (χ4v) is 1.18. The summed E-state index contributed by atoms with van der Waals surface area (Å²) in [6.45, 7) is 1.35. The van der Waals surface area contributed by atoms with Crippen molar-refractivity contribution in [3.8, 4) is 0 Å². The van der Waals surface area contributed by atoms with Gasteiger partial charge in [-0.15, -0.1) is 0 Å². The second-order valence-electron chi connectivity index (χ2n) is 2.56. The number of benzene rings is 1. The normalized spacial score (nSPS) is 11.8. The first-order chi connectivity index (χ1) is 5.84. The lowest BCUT2D eigenvalue weighted by atomic mass is 10.1. The molecule has 0 aliphatic heterocycles. The molecule has 0 spiro atoms. The second-order valence-corrected chi connectivity index (χ2v) is 2.93. The van der Waals surface area contributed by atoms with Gasteiger partial charge in [0.1, 0.15) is 5.82 Å². The number of aryl methyl sites for hydroxylation is 1. The third-order valence-electron chi connectivity index (χ3n) is 1.58. The molecule has 0 unspecified atom stereocenters. The Morgan fingerprint density at radius 3 is 2.23 bits per heavy atom. The van der Waals surface area contributed by atoms with Crippen LogP contribution in [0.25, 0.3) is 0 Å². The Bertz CT molecular complexity index is 330. The second kappa shape index (κ2) is 3.18. The van der Waals surface area contributed by atoms with E-state index in [-0.39, 0.29) is 5.56 Å². The highest BCUT2D eigenvalue weighted by Gasteiger charge is 2.34. The minimum absolute atomic E-state index is 0.0954. The summed E-state index contributed by atoms with van der Waals surface area (Å²) in [5.41, 5.74) is -1.05. The Morgan fingerprint density at radius 2 is 1.77 bits per heavy atom. The van der Waals surface area contributed by atoms with Crippen molar-refractivity contribution < 1.29 is 17.6 Å². The largest absolute Gasteiger partial charge is 0.417 e. The monoisotopic (exact) mass is 212 g/mol. The van der Waals surface area contributed by atoms with Crippen LogP contribution in [0.15, 0.2) is 12.1 Å². The Balaban J connectivity index is 3.35. The molecule has 0 nitrogen and oxygen atoms in total. The Morgan fingerprint density at radius 1 is 1.23 bits per heavy atom. The molecule has 0 aliphatic rings. The van der Waals surface area contributed by atoms with Crippen LogP contribution in [0, 0.1) is 12.7 Å². The van der Waals surface area contributed by atoms with Crippen molar-refractivity contribution in [3.63, 3.8) is 0 Å². The summed E-state index contributed by atoms with van der Waals surface area (Å²) in [6, 6.07) is 1.81. The third kappa shape index (κ3) is 1.94. The van der Waals surface area contributed by atoms with E-state index in [2.05, 4.69) is 0 Å². The number of rotatable bonds is 0. The van der Waals surface area contributed by atoms with Gasteiger partial charge >= 0.3 is 6.18 Å². The van der Waals surface area contributed by atoms with E-state index in [9.17, 15) is 17.6 Å². The Labute approximate surface area is 77.1 Å². The zero-order chi connectivity index (χ0) is 10.2. The average molecular weight is 213 g/mol. The highest BCUT2D eigenvalue weighted by Crippen LogP contribution is 2.36. The number of alkyl halides is 3. The molecule has 0 saturated heterocycles. The van der Waals surface area contributed by atoms with E-state index in [1.165, 1.54) is 6.92 Å². The SMILES string of the molecule is Cc1ccc(C(F)(F)F)c(Cl)c1F. The van der Waals surface area contributed by atoms with Crippen LogP contribution in [0.3, 0.4) is 0 Å². The standard InChI is InChI=1S/C8H5ClF4/c1-4-2-3-5(8(11,12)13)6(9)7(4)10/h2-3H,1H3. The molecule has 0 aromatic heterocycles. The van der Waals surface area contributed by atoms with Crippen molar-refractivity contribution in [1.29, 1.82) is 0 Å². The molecule has 1 rings (SSSR count). The summed E-state index contributed by atoms with van der Waals surface area (Å²) < 4.78 is 49.2. The maximum Gasteiger partial charge on any atom is 0.417 e. The summed E-state index contributed by atoms with van der Waals surface area (Å²) in [6.07, 6.45) is -4.61. The summed E-state index contributed by atoms with van der Waals surface area (Å²) in [5.74, 6) is -1.02. The van der Waals surface area contributed by atoms with Crippen molar-refractivity contribution in [3.05, 3.63) is 34.1 Å². The molecule has 0 aliphatic carbocycles. The van der Waals surface area contributed by atoms with Crippen LogP contribution in [-0.4, -0.2) is 0 Å². The molecule has 0 radical (unpaired) electrons. The molecular weight excluding hydrogens is 208 g/mol. The third-order valence-corrected chi connectivity index (χ3v) is 1.95. The van der Waals surface area contributed by atoms with Crippen LogP contribution in [0.4, 0.5) is 17.6 Å². The lowest BCUT2D eigenvalue weighted by Crippen LogP contribution is -2.07. The van der Waals surface area contributed by atoms with Gasteiger partial charge in [-0.2, -0.15) is 13.2 Å². The predicted octanol–water partition coefficient (Wildman–Crippen LogP) is 3.81. The van der Waals surface area contributed by atoms with Crippen molar-refractivity contribution in [1.82, 2.24) is 0 Å².